The largest absolute Gasteiger partial charge is 0.392 e. The highest BCUT2D eigenvalue weighted by Crippen LogP contribution is 2.28. The van der Waals surface area contributed by atoms with E-state index in [-0.39, 0.29) is 6.10 Å². The second-order valence-electron chi connectivity index (χ2n) is 5.33. The van der Waals surface area contributed by atoms with Crippen LogP contribution in [-0.2, 0) is 4.74 Å². The predicted octanol–water partition coefficient (Wildman–Crippen LogP) is 1.70. The number of hydrogen-bond donors (Lipinski definition) is 2. The quantitative estimate of drug-likeness (QED) is 0.751. The van der Waals surface area contributed by atoms with Gasteiger partial charge in [-0.25, -0.2) is 0 Å². The average molecular weight is 227 g/mol. The first-order valence-electron chi connectivity index (χ1n) is 6.84. The Kier molecular flexibility index (Phi) is 5.07. The molecule has 0 bridgehead atoms. The molecule has 0 aromatic rings. The van der Waals surface area contributed by atoms with Gasteiger partial charge < -0.3 is 15.2 Å². The van der Waals surface area contributed by atoms with E-state index in [2.05, 4.69) is 5.32 Å². The molecule has 2 N–H and O–H groups in total. The van der Waals surface area contributed by atoms with Crippen LogP contribution in [0.3, 0.4) is 0 Å². The summed E-state index contributed by atoms with van der Waals surface area (Å²) in [6, 6.07) is 0.562. The second-order valence-corrected chi connectivity index (χ2v) is 5.33. The molecule has 16 heavy (non-hydrogen) atoms. The normalized spacial score (nSPS) is 26.1. The van der Waals surface area contributed by atoms with Gasteiger partial charge in [-0.2, -0.15) is 0 Å². The minimum absolute atomic E-state index is 0.147. The van der Waals surface area contributed by atoms with Gasteiger partial charge in [0, 0.05) is 25.8 Å². The number of ether oxygens (including phenoxy) is 1. The molecule has 0 amide bonds. The lowest BCUT2D eigenvalue weighted by molar-refractivity contribution is 0.0701. The predicted molar refractivity (Wildman–Crippen MR) is 64.4 cm³/mol. The van der Waals surface area contributed by atoms with Crippen molar-refractivity contribution in [2.24, 2.45) is 5.92 Å². The van der Waals surface area contributed by atoms with Gasteiger partial charge in [0.05, 0.1) is 6.10 Å². The maximum atomic E-state index is 9.95. The van der Waals surface area contributed by atoms with Crippen LogP contribution in [0.4, 0.5) is 0 Å². The van der Waals surface area contributed by atoms with Crippen LogP contribution in [0.1, 0.15) is 44.9 Å². The molecule has 3 nitrogen and oxygen atoms in total. The van der Waals surface area contributed by atoms with Crippen LogP contribution in [0.15, 0.2) is 0 Å². The second kappa shape index (κ2) is 6.58. The summed E-state index contributed by atoms with van der Waals surface area (Å²) in [4.78, 5) is 0. The fraction of sp³-hybridized carbons (Fsp3) is 1.00. The number of hydrogen-bond acceptors (Lipinski definition) is 3. The SMILES string of the molecule is OC(CNC1CCOCC1)CC1CCCC1. The minimum Gasteiger partial charge on any atom is -0.392 e. The Hall–Kier alpha value is -0.120. The van der Waals surface area contributed by atoms with E-state index in [4.69, 9.17) is 4.74 Å². The lowest BCUT2D eigenvalue weighted by atomic mass is 9.99. The zero-order valence-corrected chi connectivity index (χ0v) is 10.2. The highest BCUT2D eigenvalue weighted by Gasteiger charge is 2.20. The lowest BCUT2D eigenvalue weighted by Crippen LogP contribution is -2.39. The summed E-state index contributed by atoms with van der Waals surface area (Å²) >= 11 is 0. The minimum atomic E-state index is -0.147. The average Bonchev–Trinajstić information content (AvgIpc) is 2.81. The van der Waals surface area contributed by atoms with Crippen LogP contribution in [0.5, 0.6) is 0 Å². The molecule has 0 spiro atoms. The smallest absolute Gasteiger partial charge is 0.0667 e. The van der Waals surface area contributed by atoms with E-state index in [1.165, 1.54) is 25.7 Å². The molecule has 1 atom stereocenters. The fourth-order valence-electron chi connectivity index (χ4n) is 2.92. The highest BCUT2D eigenvalue weighted by molar-refractivity contribution is 4.75. The Morgan fingerprint density at radius 3 is 2.50 bits per heavy atom. The van der Waals surface area contributed by atoms with Gasteiger partial charge in [-0.05, 0) is 25.2 Å². The van der Waals surface area contributed by atoms with E-state index in [9.17, 15) is 5.11 Å². The third-order valence-corrected chi connectivity index (χ3v) is 3.94. The van der Waals surface area contributed by atoms with Crippen molar-refractivity contribution in [2.75, 3.05) is 19.8 Å². The molecule has 1 aliphatic heterocycles. The van der Waals surface area contributed by atoms with Crippen LogP contribution in [0.2, 0.25) is 0 Å². The van der Waals surface area contributed by atoms with Crippen molar-refractivity contribution in [1.29, 1.82) is 0 Å². The Morgan fingerprint density at radius 2 is 1.81 bits per heavy atom. The maximum absolute atomic E-state index is 9.95. The first-order chi connectivity index (χ1) is 7.84. The van der Waals surface area contributed by atoms with Gasteiger partial charge in [-0.3, -0.25) is 0 Å². The summed E-state index contributed by atoms with van der Waals surface area (Å²) in [6.07, 6.45) is 8.42. The summed E-state index contributed by atoms with van der Waals surface area (Å²) in [5.74, 6) is 0.784. The topological polar surface area (TPSA) is 41.5 Å². The standard InChI is InChI=1S/C13H25NO2/c15-13(9-11-3-1-2-4-11)10-14-12-5-7-16-8-6-12/h11-15H,1-10H2. The summed E-state index contributed by atoms with van der Waals surface area (Å²) in [5.41, 5.74) is 0. The Bertz CT molecular complexity index is 186. The van der Waals surface area contributed by atoms with Gasteiger partial charge in [0.2, 0.25) is 0 Å². The first-order valence-corrected chi connectivity index (χ1v) is 6.84. The molecule has 94 valence electrons. The van der Waals surface area contributed by atoms with Crippen molar-refractivity contribution < 1.29 is 9.84 Å². The molecule has 1 unspecified atom stereocenters. The molecule has 0 aromatic carbocycles. The van der Waals surface area contributed by atoms with Gasteiger partial charge in [-0.15, -0.1) is 0 Å². The Morgan fingerprint density at radius 1 is 1.12 bits per heavy atom. The Labute approximate surface area is 98.6 Å². The maximum Gasteiger partial charge on any atom is 0.0667 e. The number of aliphatic hydroxyl groups is 1. The van der Waals surface area contributed by atoms with Crippen molar-refractivity contribution in [2.45, 2.75) is 57.1 Å². The first kappa shape index (κ1) is 12.3. The van der Waals surface area contributed by atoms with E-state index >= 15 is 0 Å². The van der Waals surface area contributed by atoms with E-state index in [1.807, 2.05) is 0 Å². The Balaban J connectivity index is 1.57. The fourth-order valence-corrected chi connectivity index (χ4v) is 2.92. The molecule has 1 saturated heterocycles. The molecule has 2 rings (SSSR count). The van der Waals surface area contributed by atoms with Crippen LogP contribution < -0.4 is 5.32 Å². The van der Waals surface area contributed by atoms with E-state index < -0.39 is 0 Å². The summed E-state index contributed by atoms with van der Waals surface area (Å²) in [7, 11) is 0. The molecule has 1 aliphatic carbocycles. The monoisotopic (exact) mass is 227 g/mol. The molecular weight excluding hydrogens is 202 g/mol. The van der Waals surface area contributed by atoms with Crippen LogP contribution >= 0.6 is 0 Å². The number of rotatable bonds is 5. The van der Waals surface area contributed by atoms with Crippen molar-refractivity contribution >= 4 is 0 Å². The van der Waals surface area contributed by atoms with Crippen molar-refractivity contribution in [3.63, 3.8) is 0 Å². The lowest BCUT2D eigenvalue weighted by Gasteiger charge is -2.25. The van der Waals surface area contributed by atoms with Crippen LogP contribution in [0, 0.1) is 5.92 Å². The summed E-state index contributed by atoms with van der Waals surface area (Å²) in [6.45, 7) is 2.51. The number of nitrogens with one attached hydrogen (secondary N) is 1. The van der Waals surface area contributed by atoms with Crippen LogP contribution in [0.25, 0.3) is 0 Å². The van der Waals surface area contributed by atoms with Crippen molar-refractivity contribution in [1.82, 2.24) is 5.32 Å². The third-order valence-electron chi connectivity index (χ3n) is 3.94. The number of aliphatic hydroxyl groups excluding tert-OH is 1. The molecule has 1 heterocycles. The van der Waals surface area contributed by atoms with Gasteiger partial charge in [-0.1, -0.05) is 25.7 Å². The summed E-state index contributed by atoms with van der Waals surface area (Å²) in [5, 5.41) is 13.4. The zero-order chi connectivity index (χ0) is 11.2. The van der Waals surface area contributed by atoms with Gasteiger partial charge >= 0.3 is 0 Å². The molecule has 0 aromatic heterocycles. The molecular formula is C13H25NO2. The molecule has 1 saturated carbocycles. The van der Waals surface area contributed by atoms with E-state index in [0.717, 1.165) is 44.9 Å². The molecule has 2 fully saturated rings. The van der Waals surface area contributed by atoms with Gasteiger partial charge in [0.25, 0.3) is 0 Å². The van der Waals surface area contributed by atoms with Gasteiger partial charge in [0.15, 0.2) is 0 Å². The third kappa shape index (κ3) is 4.04. The van der Waals surface area contributed by atoms with E-state index in [0.29, 0.717) is 6.04 Å². The highest BCUT2D eigenvalue weighted by atomic mass is 16.5. The van der Waals surface area contributed by atoms with Crippen molar-refractivity contribution in [3.05, 3.63) is 0 Å². The van der Waals surface area contributed by atoms with Crippen molar-refractivity contribution in [3.8, 4) is 0 Å². The molecule has 0 radical (unpaired) electrons. The summed E-state index contributed by atoms with van der Waals surface area (Å²) < 4.78 is 5.31. The zero-order valence-electron chi connectivity index (χ0n) is 10.2. The van der Waals surface area contributed by atoms with Crippen LogP contribution in [-0.4, -0.2) is 37.0 Å². The molecule has 3 heteroatoms. The van der Waals surface area contributed by atoms with Gasteiger partial charge in [0.1, 0.15) is 0 Å². The van der Waals surface area contributed by atoms with E-state index in [1.54, 1.807) is 0 Å². The molecule has 2 aliphatic rings.